The van der Waals surface area contributed by atoms with Crippen LogP contribution in [0.5, 0.6) is 0 Å². The Morgan fingerprint density at radius 2 is 2.07 bits per heavy atom. The van der Waals surface area contributed by atoms with Gasteiger partial charge in [0.15, 0.2) is 0 Å². The number of nitrogens with zero attached hydrogens (tertiary/aromatic N) is 1. The lowest BCUT2D eigenvalue weighted by Crippen LogP contribution is -2.16. The van der Waals surface area contributed by atoms with Crippen LogP contribution in [0.3, 0.4) is 0 Å². The summed E-state index contributed by atoms with van der Waals surface area (Å²) in [5.41, 5.74) is 7.14. The van der Waals surface area contributed by atoms with E-state index in [1.807, 2.05) is 11.3 Å². The fourth-order valence-corrected chi connectivity index (χ4v) is 3.25. The summed E-state index contributed by atoms with van der Waals surface area (Å²) in [5, 5.41) is 1.33. The fourth-order valence-electron chi connectivity index (χ4n) is 1.92. The molecule has 3 heteroatoms. The van der Waals surface area contributed by atoms with Crippen molar-refractivity contribution in [3.8, 4) is 0 Å². The summed E-state index contributed by atoms with van der Waals surface area (Å²) in [6, 6.07) is 0. The highest BCUT2D eigenvalue weighted by Crippen LogP contribution is 2.41. The molecule has 84 valence electrons. The Morgan fingerprint density at radius 3 is 2.40 bits per heavy atom. The lowest BCUT2D eigenvalue weighted by Gasteiger charge is -2.23. The number of nitrogens with two attached hydrogens (primary N) is 1. The van der Waals surface area contributed by atoms with E-state index in [1.165, 1.54) is 34.8 Å². The van der Waals surface area contributed by atoms with E-state index in [4.69, 9.17) is 10.7 Å². The van der Waals surface area contributed by atoms with Gasteiger partial charge in [-0.25, -0.2) is 4.98 Å². The molecule has 0 saturated heterocycles. The molecule has 0 spiro atoms. The van der Waals surface area contributed by atoms with E-state index in [0.717, 1.165) is 5.92 Å². The molecule has 1 aliphatic carbocycles. The molecule has 2 rings (SSSR count). The van der Waals surface area contributed by atoms with E-state index in [9.17, 15) is 0 Å². The van der Waals surface area contributed by atoms with E-state index in [0.29, 0.717) is 6.54 Å². The highest BCUT2D eigenvalue weighted by atomic mass is 32.1. The van der Waals surface area contributed by atoms with E-state index < -0.39 is 0 Å². The Kier molecular flexibility index (Phi) is 2.86. The molecule has 1 fully saturated rings. The maximum absolute atomic E-state index is 5.79. The minimum absolute atomic E-state index is 0.132. The van der Waals surface area contributed by atoms with Crippen LogP contribution in [0, 0.1) is 0 Å². The molecule has 0 aromatic carbocycles. The van der Waals surface area contributed by atoms with Crippen LogP contribution in [0.1, 0.15) is 61.5 Å². The average molecular weight is 224 g/mol. The van der Waals surface area contributed by atoms with Gasteiger partial charge in [0.2, 0.25) is 0 Å². The highest BCUT2D eigenvalue weighted by molar-refractivity contribution is 7.11. The van der Waals surface area contributed by atoms with Gasteiger partial charge >= 0.3 is 0 Å². The molecule has 1 heterocycles. The Morgan fingerprint density at radius 1 is 1.40 bits per heavy atom. The predicted molar refractivity (Wildman–Crippen MR) is 65.3 cm³/mol. The minimum atomic E-state index is 0.132. The quantitative estimate of drug-likeness (QED) is 0.838. The largest absolute Gasteiger partial charge is 0.326 e. The Labute approximate surface area is 95.9 Å². The lowest BCUT2D eigenvalue weighted by atomic mass is 9.86. The zero-order chi connectivity index (χ0) is 11.1. The fraction of sp³-hybridized carbons (Fsp3) is 0.750. The van der Waals surface area contributed by atoms with Crippen LogP contribution in [0.2, 0.25) is 0 Å². The van der Waals surface area contributed by atoms with Gasteiger partial charge in [0, 0.05) is 22.8 Å². The minimum Gasteiger partial charge on any atom is -0.326 e. The number of thiazole rings is 1. The van der Waals surface area contributed by atoms with E-state index in [1.54, 1.807) is 0 Å². The number of hydrogen-bond acceptors (Lipinski definition) is 3. The van der Waals surface area contributed by atoms with Crippen molar-refractivity contribution in [2.24, 2.45) is 5.73 Å². The molecule has 0 unspecified atom stereocenters. The summed E-state index contributed by atoms with van der Waals surface area (Å²) < 4.78 is 0. The van der Waals surface area contributed by atoms with Crippen LogP contribution in [0.4, 0.5) is 0 Å². The van der Waals surface area contributed by atoms with Crippen LogP contribution < -0.4 is 5.73 Å². The van der Waals surface area contributed by atoms with Crippen LogP contribution in [0.15, 0.2) is 0 Å². The van der Waals surface area contributed by atoms with Gasteiger partial charge in [0.25, 0.3) is 0 Å². The molecular formula is C12H20N2S. The van der Waals surface area contributed by atoms with E-state index in [2.05, 4.69) is 20.8 Å². The number of aromatic nitrogens is 1. The normalized spacial score (nSPS) is 17.9. The van der Waals surface area contributed by atoms with Gasteiger partial charge in [-0.3, -0.25) is 0 Å². The van der Waals surface area contributed by atoms with Crippen molar-refractivity contribution in [2.45, 2.75) is 57.9 Å². The third-order valence-corrected chi connectivity index (χ3v) is 4.30. The lowest BCUT2D eigenvalue weighted by molar-refractivity contribution is 0.416. The summed E-state index contributed by atoms with van der Waals surface area (Å²) in [5.74, 6) is 0.733. The predicted octanol–water partition coefficient (Wildman–Crippen LogP) is 3.17. The molecule has 0 bridgehead atoms. The maximum Gasteiger partial charge on any atom is 0.0962 e. The topological polar surface area (TPSA) is 38.9 Å². The number of hydrogen-bond donors (Lipinski definition) is 1. The third-order valence-electron chi connectivity index (χ3n) is 3.06. The molecule has 1 saturated carbocycles. The second-order valence-electron chi connectivity index (χ2n) is 5.41. The van der Waals surface area contributed by atoms with Gasteiger partial charge in [-0.15, -0.1) is 11.3 Å². The van der Waals surface area contributed by atoms with Gasteiger partial charge in [-0.1, -0.05) is 27.2 Å². The van der Waals surface area contributed by atoms with Crippen molar-refractivity contribution in [1.82, 2.24) is 4.98 Å². The molecule has 0 aliphatic heterocycles. The molecule has 0 radical (unpaired) electrons. The third kappa shape index (κ3) is 2.08. The second-order valence-corrected chi connectivity index (χ2v) is 6.52. The standard InChI is InChI=1S/C12H20N2S/c1-12(2,3)10-9(7-13)15-11(14-10)8-5-4-6-8/h8H,4-7,13H2,1-3H3. The Bertz CT molecular complexity index is 345. The van der Waals surface area contributed by atoms with Crippen LogP contribution in [0.25, 0.3) is 0 Å². The van der Waals surface area contributed by atoms with Crippen molar-refractivity contribution in [3.63, 3.8) is 0 Å². The second kappa shape index (κ2) is 3.87. The van der Waals surface area contributed by atoms with Crippen molar-refractivity contribution < 1.29 is 0 Å². The summed E-state index contributed by atoms with van der Waals surface area (Å²) in [6.07, 6.45) is 4.01. The highest BCUT2D eigenvalue weighted by Gasteiger charge is 2.28. The molecule has 2 N–H and O–H groups in total. The SMILES string of the molecule is CC(C)(C)c1nc(C2CCC2)sc1CN. The van der Waals surface area contributed by atoms with E-state index >= 15 is 0 Å². The first-order valence-corrected chi connectivity index (χ1v) is 6.54. The van der Waals surface area contributed by atoms with Gasteiger partial charge < -0.3 is 5.73 Å². The summed E-state index contributed by atoms with van der Waals surface area (Å²) in [6.45, 7) is 7.28. The average Bonchev–Trinajstić information content (AvgIpc) is 2.44. The van der Waals surface area contributed by atoms with E-state index in [-0.39, 0.29) is 5.41 Å². The van der Waals surface area contributed by atoms with Crippen molar-refractivity contribution in [1.29, 1.82) is 0 Å². The smallest absolute Gasteiger partial charge is 0.0962 e. The van der Waals surface area contributed by atoms with Crippen LogP contribution in [-0.2, 0) is 12.0 Å². The van der Waals surface area contributed by atoms with Gasteiger partial charge in [-0.05, 0) is 12.8 Å². The van der Waals surface area contributed by atoms with Crippen molar-refractivity contribution in [2.75, 3.05) is 0 Å². The molecule has 2 nitrogen and oxygen atoms in total. The zero-order valence-electron chi connectivity index (χ0n) is 9.84. The van der Waals surface area contributed by atoms with Crippen molar-refractivity contribution in [3.05, 3.63) is 15.6 Å². The first-order valence-electron chi connectivity index (χ1n) is 5.72. The van der Waals surface area contributed by atoms with Crippen LogP contribution in [-0.4, -0.2) is 4.98 Å². The monoisotopic (exact) mass is 224 g/mol. The maximum atomic E-state index is 5.79. The Balaban J connectivity index is 2.32. The number of rotatable bonds is 2. The molecule has 0 atom stereocenters. The molecule has 1 aliphatic rings. The first kappa shape index (κ1) is 11.1. The van der Waals surface area contributed by atoms with Gasteiger partial charge in [-0.2, -0.15) is 0 Å². The summed E-state index contributed by atoms with van der Waals surface area (Å²) >= 11 is 1.83. The molecular weight excluding hydrogens is 204 g/mol. The molecule has 1 aromatic heterocycles. The summed E-state index contributed by atoms with van der Waals surface area (Å²) in [7, 11) is 0. The molecule has 15 heavy (non-hydrogen) atoms. The summed E-state index contributed by atoms with van der Waals surface area (Å²) in [4.78, 5) is 6.09. The zero-order valence-corrected chi connectivity index (χ0v) is 10.7. The van der Waals surface area contributed by atoms with Crippen LogP contribution >= 0.6 is 11.3 Å². The van der Waals surface area contributed by atoms with Crippen molar-refractivity contribution >= 4 is 11.3 Å². The first-order chi connectivity index (χ1) is 7.02. The molecule has 1 aromatic rings. The molecule has 0 amide bonds. The van der Waals surface area contributed by atoms with Gasteiger partial charge in [0.05, 0.1) is 10.7 Å². The van der Waals surface area contributed by atoms with Gasteiger partial charge in [0.1, 0.15) is 0 Å². The Hall–Kier alpha value is -0.410.